The second-order valence-electron chi connectivity index (χ2n) is 15.2. The number of benzene rings is 11. The summed E-state index contributed by atoms with van der Waals surface area (Å²) in [5, 5.41) is 10.0. The summed E-state index contributed by atoms with van der Waals surface area (Å²) in [6, 6.07) is 90.2. The second-order valence-corrected chi connectivity index (χ2v) is 18.3. The average molecular weight is 769 g/mol. The van der Waals surface area contributed by atoms with E-state index in [1.165, 1.54) is 96.1 Å². The first-order chi connectivity index (χ1) is 29.3. The molecule has 0 bridgehead atoms. The molecule has 0 aliphatic heterocycles. The van der Waals surface area contributed by atoms with E-state index in [0.29, 0.717) is 0 Å². The predicted octanol–water partition coefficient (Wildman–Crippen LogP) is 16.6. The van der Waals surface area contributed by atoms with Crippen molar-refractivity contribution >= 4 is 53.1 Å². The predicted molar refractivity (Wildman–Crippen MR) is 253 cm³/mol. The number of fused-ring (bicyclic) bond motifs is 4. The van der Waals surface area contributed by atoms with Crippen LogP contribution in [0.1, 0.15) is 0 Å². The van der Waals surface area contributed by atoms with E-state index < -0.39 is 10.0 Å². The monoisotopic (exact) mass is 768 g/mol. The van der Waals surface area contributed by atoms with Gasteiger partial charge in [0.1, 0.15) is 0 Å². The molecule has 0 unspecified atom stereocenters. The third-order valence-corrected chi connectivity index (χ3v) is 15.8. The molecule has 0 aliphatic carbocycles. The van der Waals surface area contributed by atoms with Gasteiger partial charge in [0.05, 0.1) is 0 Å². The standard InChI is InChI=1S/C58H40S/c1-4-25-45(26-5-1)59(46-27-6-2-7-28-46,47-29-8-3-9-30-47)48-37-38-55-56(40-48)58(52-36-18-22-42-20-11-13-32-50(42)52)54-34-15-14-33-53(54)57(55)44-24-16-23-43(39-44)51-35-17-21-41-19-10-12-31-49(41)51/h1-40H. The molecule has 0 nitrogen and oxygen atoms in total. The van der Waals surface area contributed by atoms with Gasteiger partial charge in [0, 0.05) is 19.6 Å². The highest BCUT2D eigenvalue weighted by atomic mass is 32.3. The zero-order valence-electron chi connectivity index (χ0n) is 32.5. The van der Waals surface area contributed by atoms with Crippen LogP contribution in [0.15, 0.2) is 262 Å². The summed E-state index contributed by atoms with van der Waals surface area (Å²) in [4.78, 5) is 5.24. The van der Waals surface area contributed by atoms with Crippen molar-refractivity contribution in [2.24, 2.45) is 0 Å². The van der Waals surface area contributed by atoms with Crippen molar-refractivity contribution < 1.29 is 0 Å². The molecule has 0 radical (unpaired) electrons. The summed E-state index contributed by atoms with van der Waals surface area (Å²) in [6.07, 6.45) is 0. The quantitative estimate of drug-likeness (QED) is 0.142. The molecule has 11 aromatic carbocycles. The summed E-state index contributed by atoms with van der Waals surface area (Å²) in [5.74, 6) is 0. The van der Waals surface area contributed by atoms with Gasteiger partial charge in [-0.2, -0.15) is 0 Å². The van der Waals surface area contributed by atoms with E-state index in [0.717, 1.165) is 0 Å². The van der Waals surface area contributed by atoms with Crippen LogP contribution in [0, 0.1) is 0 Å². The molecule has 0 amide bonds. The number of hydrogen-bond donors (Lipinski definition) is 0. The molecule has 11 rings (SSSR count). The summed E-state index contributed by atoms with van der Waals surface area (Å²) < 4.78 is 0. The zero-order valence-corrected chi connectivity index (χ0v) is 33.3. The maximum atomic E-state index is 2.55. The molecular formula is C58H40S. The summed E-state index contributed by atoms with van der Waals surface area (Å²) >= 11 is 0. The Morgan fingerprint density at radius 3 is 1.24 bits per heavy atom. The van der Waals surface area contributed by atoms with Crippen LogP contribution in [0.4, 0.5) is 0 Å². The highest BCUT2D eigenvalue weighted by Gasteiger charge is 2.34. The lowest BCUT2D eigenvalue weighted by Crippen LogP contribution is -2.05. The molecule has 0 spiro atoms. The highest BCUT2D eigenvalue weighted by Crippen LogP contribution is 2.73. The van der Waals surface area contributed by atoms with Gasteiger partial charge in [0.15, 0.2) is 0 Å². The SMILES string of the molecule is c1ccc(S(c2ccccc2)(c2ccccc2)c2ccc3c(-c4cccc(-c5cccc6ccccc56)c4)c4ccccc4c(-c4cccc5ccccc45)c3c2)cc1. The smallest absolute Gasteiger partial charge is 0.00295 e. The van der Waals surface area contributed by atoms with E-state index >= 15 is 0 Å². The van der Waals surface area contributed by atoms with Crippen molar-refractivity contribution in [2.45, 2.75) is 19.6 Å². The molecule has 0 N–H and O–H groups in total. The molecule has 0 atom stereocenters. The van der Waals surface area contributed by atoms with Gasteiger partial charge in [-0.05, 0) is 131 Å². The maximum absolute atomic E-state index is 2.55. The lowest BCUT2D eigenvalue weighted by atomic mass is 9.84. The average Bonchev–Trinajstić information content (AvgIpc) is 3.32. The van der Waals surface area contributed by atoms with Gasteiger partial charge in [0.25, 0.3) is 0 Å². The lowest BCUT2D eigenvalue weighted by molar-refractivity contribution is 1.25. The van der Waals surface area contributed by atoms with E-state index in [4.69, 9.17) is 0 Å². The molecule has 11 aromatic rings. The van der Waals surface area contributed by atoms with Crippen molar-refractivity contribution in [3.8, 4) is 33.4 Å². The minimum Gasteiger partial charge on any atom is -0.133 e. The van der Waals surface area contributed by atoms with Crippen LogP contribution >= 0.6 is 10.0 Å². The third kappa shape index (κ3) is 5.77. The molecule has 1 heteroatoms. The van der Waals surface area contributed by atoms with Crippen LogP contribution in [0.3, 0.4) is 0 Å². The first-order valence-electron chi connectivity index (χ1n) is 20.3. The van der Waals surface area contributed by atoms with Gasteiger partial charge in [-0.3, -0.25) is 0 Å². The lowest BCUT2D eigenvalue weighted by Gasteiger charge is -2.42. The largest absolute Gasteiger partial charge is 0.133 e. The zero-order chi connectivity index (χ0) is 39.2. The van der Waals surface area contributed by atoms with Crippen molar-refractivity contribution in [1.29, 1.82) is 0 Å². The molecule has 59 heavy (non-hydrogen) atoms. The summed E-state index contributed by atoms with van der Waals surface area (Å²) in [6.45, 7) is 0. The van der Waals surface area contributed by atoms with E-state index in [1.807, 2.05) is 0 Å². The molecule has 0 heterocycles. The van der Waals surface area contributed by atoms with Crippen LogP contribution in [0.2, 0.25) is 0 Å². The van der Waals surface area contributed by atoms with Crippen molar-refractivity contribution in [3.05, 3.63) is 243 Å². The molecule has 278 valence electrons. The van der Waals surface area contributed by atoms with Crippen LogP contribution < -0.4 is 0 Å². The Balaban J connectivity index is 1.28. The minimum atomic E-state index is -1.94. The fourth-order valence-electron chi connectivity index (χ4n) is 9.40. The Hall–Kier alpha value is -7.19. The van der Waals surface area contributed by atoms with E-state index in [-0.39, 0.29) is 0 Å². The van der Waals surface area contributed by atoms with Crippen LogP contribution in [0.25, 0.3) is 76.5 Å². The van der Waals surface area contributed by atoms with E-state index in [1.54, 1.807) is 0 Å². The Morgan fingerprint density at radius 1 is 0.220 bits per heavy atom. The van der Waals surface area contributed by atoms with E-state index in [2.05, 4.69) is 243 Å². The first-order valence-corrected chi connectivity index (χ1v) is 22.0. The second kappa shape index (κ2) is 14.6. The Bertz CT molecular complexity index is 3210. The molecule has 0 aliphatic rings. The van der Waals surface area contributed by atoms with Gasteiger partial charge in [-0.15, -0.1) is 10.0 Å². The highest BCUT2D eigenvalue weighted by molar-refractivity contribution is 8.34. The Labute approximate surface area is 347 Å². The molecule has 0 saturated carbocycles. The van der Waals surface area contributed by atoms with Crippen LogP contribution in [-0.4, -0.2) is 0 Å². The van der Waals surface area contributed by atoms with Gasteiger partial charge in [-0.1, -0.05) is 188 Å². The first kappa shape index (κ1) is 35.0. The number of rotatable bonds is 7. The van der Waals surface area contributed by atoms with Crippen LogP contribution in [-0.2, 0) is 0 Å². The molecular weight excluding hydrogens is 729 g/mol. The van der Waals surface area contributed by atoms with Crippen LogP contribution in [0.5, 0.6) is 0 Å². The van der Waals surface area contributed by atoms with Crippen molar-refractivity contribution in [1.82, 2.24) is 0 Å². The van der Waals surface area contributed by atoms with Gasteiger partial charge in [0.2, 0.25) is 0 Å². The topological polar surface area (TPSA) is 0 Å². The fraction of sp³-hybridized carbons (Fsp3) is 0. The van der Waals surface area contributed by atoms with Gasteiger partial charge < -0.3 is 0 Å². The van der Waals surface area contributed by atoms with Gasteiger partial charge >= 0.3 is 0 Å². The van der Waals surface area contributed by atoms with Crippen molar-refractivity contribution in [3.63, 3.8) is 0 Å². The Morgan fingerprint density at radius 2 is 0.644 bits per heavy atom. The van der Waals surface area contributed by atoms with E-state index in [9.17, 15) is 0 Å². The molecule has 0 fully saturated rings. The fourth-order valence-corrected chi connectivity index (χ4v) is 13.3. The third-order valence-electron chi connectivity index (χ3n) is 12.0. The summed E-state index contributed by atoms with van der Waals surface area (Å²) in [7, 11) is -1.94. The maximum Gasteiger partial charge on any atom is 0.00295 e. The summed E-state index contributed by atoms with van der Waals surface area (Å²) in [5.41, 5.74) is 7.44. The van der Waals surface area contributed by atoms with Gasteiger partial charge in [-0.25, -0.2) is 0 Å². The normalized spacial score (nSPS) is 12.0. The molecule has 0 aromatic heterocycles. The number of hydrogen-bond acceptors (Lipinski definition) is 0. The minimum absolute atomic E-state index is 1.21. The van der Waals surface area contributed by atoms with Crippen molar-refractivity contribution in [2.75, 3.05) is 0 Å². The Kier molecular flexibility index (Phi) is 8.68. The molecule has 0 saturated heterocycles.